The van der Waals surface area contributed by atoms with Gasteiger partial charge in [-0.2, -0.15) is 10.1 Å². The van der Waals surface area contributed by atoms with Gasteiger partial charge in [0.25, 0.3) is 11.8 Å². The molecule has 1 saturated heterocycles. The van der Waals surface area contributed by atoms with Crippen molar-refractivity contribution in [1.29, 1.82) is 0 Å². The smallest absolute Gasteiger partial charge is 0.254 e. The van der Waals surface area contributed by atoms with Crippen molar-refractivity contribution in [3.8, 4) is 11.5 Å². The topological polar surface area (TPSA) is 68.2 Å². The molecule has 4 aliphatic rings. The second-order valence-corrected chi connectivity index (χ2v) is 6.35. The van der Waals surface area contributed by atoms with Gasteiger partial charge in [-0.3, -0.25) is 9.59 Å². The molecule has 6 nitrogen and oxygen atoms in total. The SMILES string of the molecule is O=C1[C@@H]2[C@H](C(=O)N1/N=C\c1ccc3c(c1)OCO3)[C@@H]1C=C[C@@H]2C1. The lowest BCUT2D eigenvalue weighted by Crippen LogP contribution is -2.28. The van der Waals surface area contributed by atoms with Crippen LogP contribution in [0.3, 0.4) is 0 Å². The minimum atomic E-state index is -0.216. The molecule has 6 heteroatoms. The predicted octanol–water partition coefficient (Wildman–Crippen LogP) is 1.56. The predicted molar refractivity (Wildman–Crippen MR) is 79.7 cm³/mol. The maximum atomic E-state index is 12.5. The molecule has 0 radical (unpaired) electrons. The largest absolute Gasteiger partial charge is 0.454 e. The van der Waals surface area contributed by atoms with Crippen LogP contribution in [-0.4, -0.2) is 29.8 Å². The molecule has 2 bridgehead atoms. The molecule has 0 N–H and O–H groups in total. The third kappa shape index (κ3) is 1.72. The number of imide groups is 1. The quantitative estimate of drug-likeness (QED) is 0.472. The minimum Gasteiger partial charge on any atom is -0.454 e. The van der Waals surface area contributed by atoms with Crippen LogP contribution >= 0.6 is 0 Å². The summed E-state index contributed by atoms with van der Waals surface area (Å²) < 4.78 is 10.6. The fraction of sp³-hybridized carbons (Fsp3) is 0.353. The molecule has 0 unspecified atom stereocenters. The Balaban J connectivity index is 1.41. The van der Waals surface area contributed by atoms with E-state index in [1.807, 2.05) is 6.07 Å². The number of hydrogen-bond acceptors (Lipinski definition) is 5. The summed E-state index contributed by atoms with van der Waals surface area (Å²) in [6.07, 6.45) is 6.59. The Hall–Kier alpha value is -2.63. The van der Waals surface area contributed by atoms with Crippen LogP contribution in [0.5, 0.6) is 11.5 Å². The van der Waals surface area contributed by atoms with E-state index in [-0.39, 0.29) is 42.3 Å². The molecule has 1 aromatic rings. The number of carbonyl (C=O) groups is 2. The van der Waals surface area contributed by atoms with Gasteiger partial charge in [0.1, 0.15) is 0 Å². The molecule has 0 aromatic heterocycles. The Morgan fingerprint density at radius 3 is 2.48 bits per heavy atom. The fourth-order valence-electron chi connectivity index (χ4n) is 4.12. The average Bonchev–Trinajstić information content (AvgIpc) is 3.30. The number of ether oxygens (including phenoxy) is 2. The zero-order valence-corrected chi connectivity index (χ0v) is 12.2. The highest BCUT2D eigenvalue weighted by Gasteiger charge is 2.59. The summed E-state index contributed by atoms with van der Waals surface area (Å²) >= 11 is 0. The zero-order valence-electron chi connectivity index (χ0n) is 12.2. The van der Waals surface area contributed by atoms with Crippen molar-refractivity contribution in [2.45, 2.75) is 6.42 Å². The van der Waals surface area contributed by atoms with Crippen molar-refractivity contribution >= 4 is 18.0 Å². The average molecular weight is 310 g/mol. The van der Waals surface area contributed by atoms with Crippen LogP contribution in [0.4, 0.5) is 0 Å². The Morgan fingerprint density at radius 1 is 1.04 bits per heavy atom. The monoisotopic (exact) mass is 310 g/mol. The summed E-state index contributed by atoms with van der Waals surface area (Å²) in [6, 6.07) is 5.38. The van der Waals surface area contributed by atoms with Gasteiger partial charge in [-0.05, 0) is 42.0 Å². The highest BCUT2D eigenvalue weighted by Crippen LogP contribution is 2.52. The summed E-state index contributed by atoms with van der Waals surface area (Å²) in [7, 11) is 0. The van der Waals surface area contributed by atoms with Crippen LogP contribution < -0.4 is 9.47 Å². The van der Waals surface area contributed by atoms with Crippen LogP contribution in [0, 0.1) is 23.7 Å². The van der Waals surface area contributed by atoms with Gasteiger partial charge in [-0.1, -0.05) is 12.2 Å². The molecular weight excluding hydrogens is 296 g/mol. The molecule has 2 amide bonds. The molecule has 5 rings (SSSR count). The van der Waals surface area contributed by atoms with Gasteiger partial charge in [-0.25, -0.2) is 0 Å². The molecule has 2 heterocycles. The lowest BCUT2D eigenvalue weighted by molar-refractivity contribution is -0.140. The van der Waals surface area contributed by atoms with Crippen LogP contribution in [-0.2, 0) is 9.59 Å². The number of nitrogens with zero attached hydrogens (tertiary/aromatic N) is 2. The van der Waals surface area contributed by atoms with Crippen molar-refractivity contribution in [3.63, 3.8) is 0 Å². The second kappa shape index (κ2) is 4.44. The number of fused-ring (bicyclic) bond motifs is 6. The minimum absolute atomic E-state index is 0.172. The Bertz CT molecular complexity index is 755. The molecule has 4 atom stereocenters. The van der Waals surface area contributed by atoms with E-state index in [2.05, 4.69) is 17.3 Å². The van der Waals surface area contributed by atoms with E-state index in [1.54, 1.807) is 12.1 Å². The second-order valence-electron chi connectivity index (χ2n) is 6.35. The first-order valence-corrected chi connectivity index (χ1v) is 7.72. The number of amides is 2. The maximum absolute atomic E-state index is 12.5. The molecule has 2 fully saturated rings. The van der Waals surface area contributed by atoms with E-state index in [4.69, 9.17) is 9.47 Å². The number of allylic oxidation sites excluding steroid dienone is 2. The lowest BCUT2D eigenvalue weighted by atomic mass is 9.85. The number of rotatable bonds is 2. The lowest BCUT2D eigenvalue weighted by Gasteiger charge is -2.13. The van der Waals surface area contributed by atoms with Gasteiger partial charge < -0.3 is 9.47 Å². The van der Waals surface area contributed by atoms with Gasteiger partial charge in [0.15, 0.2) is 11.5 Å². The van der Waals surface area contributed by atoms with E-state index >= 15 is 0 Å². The first kappa shape index (κ1) is 12.9. The van der Waals surface area contributed by atoms with Crippen LogP contribution in [0.25, 0.3) is 0 Å². The molecule has 2 aliphatic carbocycles. The van der Waals surface area contributed by atoms with Crippen molar-refractivity contribution in [3.05, 3.63) is 35.9 Å². The Kier molecular flexibility index (Phi) is 2.48. The summed E-state index contributed by atoms with van der Waals surface area (Å²) in [6.45, 7) is 0.207. The van der Waals surface area contributed by atoms with Gasteiger partial charge in [-0.15, -0.1) is 0 Å². The molecule has 0 spiro atoms. The normalized spacial score (nSPS) is 33.3. The molecule has 116 valence electrons. The molecular formula is C17H14N2O4. The molecule has 1 aromatic carbocycles. The Morgan fingerprint density at radius 2 is 1.74 bits per heavy atom. The van der Waals surface area contributed by atoms with Crippen molar-refractivity contribution in [1.82, 2.24) is 5.01 Å². The van der Waals surface area contributed by atoms with Gasteiger partial charge >= 0.3 is 0 Å². The first-order valence-electron chi connectivity index (χ1n) is 7.72. The van der Waals surface area contributed by atoms with Gasteiger partial charge in [0.05, 0.1) is 18.1 Å². The third-order valence-corrected chi connectivity index (χ3v) is 5.17. The van der Waals surface area contributed by atoms with E-state index in [0.29, 0.717) is 11.5 Å². The summed E-state index contributed by atoms with van der Waals surface area (Å²) in [4.78, 5) is 25.0. The molecule has 23 heavy (non-hydrogen) atoms. The summed E-state index contributed by atoms with van der Waals surface area (Å²) in [5.41, 5.74) is 0.757. The van der Waals surface area contributed by atoms with E-state index in [9.17, 15) is 9.59 Å². The number of hydrogen-bond donors (Lipinski definition) is 0. The number of benzene rings is 1. The van der Waals surface area contributed by atoms with Gasteiger partial charge in [0, 0.05) is 0 Å². The molecule has 2 aliphatic heterocycles. The van der Waals surface area contributed by atoms with Crippen LogP contribution in [0.2, 0.25) is 0 Å². The maximum Gasteiger partial charge on any atom is 0.254 e. The standard InChI is InChI=1S/C17H14N2O4/c20-16-14-10-2-3-11(6-10)15(14)17(21)19(16)18-7-9-1-4-12-13(5-9)23-8-22-12/h1-5,7,10-11,14-15H,6,8H2/b18-7-/t10-,11-,14-,15+/m1/s1. The van der Waals surface area contributed by atoms with Crippen molar-refractivity contribution < 1.29 is 19.1 Å². The number of hydrazone groups is 1. The van der Waals surface area contributed by atoms with E-state index in [1.165, 1.54) is 6.21 Å². The van der Waals surface area contributed by atoms with Crippen LogP contribution in [0.1, 0.15) is 12.0 Å². The van der Waals surface area contributed by atoms with Crippen LogP contribution in [0.15, 0.2) is 35.5 Å². The van der Waals surface area contributed by atoms with E-state index < -0.39 is 0 Å². The summed E-state index contributed by atoms with van der Waals surface area (Å²) in [5.74, 6) is 0.958. The fourth-order valence-corrected chi connectivity index (χ4v) is 4.12. The first-order chi connectivity index (χ1) is 11.2. The molecule has 1 saturated carbocycles. The summed E-state index contributed by atoms with van der Waals surface area (Å²) in [5, 5.41) is 5.19. The zero-order chi connectivity index (χ0) is 15.6. The van der Waals surface area contributed by atoms with Crippen molar-refractivity contribution in [2.24, 2.45) is 28.8 Å². The Labute approximate surface area is 132 Å². The highest BCUT2D eigenvalue weighted by molar-refractivity contribution is 6.06. The van der Waals surface area contributed by atoms with E-state index in [0.717, 1.165) is 17.0 Å². The van der Waals surface area contributed by atoms with Crippen molar-refractivity contribution in [2.75, 3.05) is 6.79 Å². The highest BCUT2D eigenvalue weighted by atomic mass is 16.7. The third-order valence-electron chi connectivity index (χ3n) is 5.17. The van der Waals surface area contributed by atoms with Gasteiger partial charge in [0.2, 0.25) is 6.79 Å². The number of carbonyl (C=O) groups excluding carboxylic acids is 2.